The van der Waals surface area contributed by atoms with Crippen molar-refractivity contribution in [1.82, 2.24) is 9.78 Å². The summed E-state index contributed by atoms with van der Waals surface area (Å²) >= 11 is 0. The van der Waals surface area contributed by atoms with Gasteiger partial charge < -0.3 is 14.7 Å². The van der Waals surface area contributed by atoms with Crippen LogP contribution >= 0.6 is 0 Å². The van der Waals surface area contributed by atoms with Gasteiger partial charge in [-0.25, -0.2) is 0 Å². The number of nitrogens with zero attached hydrogens (tertiary/aromatic N) is 3. The number of likely N-dealkylation sites (N-methyl/N-ethyl adjacent to an activating group) is 1. The smallest absolute Gasteiger partial charge is 0.303 e. The lowest BCUT2D eigenvalue weighted by Crippen LogP contribution is -2.28. The second-order valence-electron chi connectivity index (χ2n) is 6.80. The molecule has 0 spiro atoms. The van der Waals surface area contributed by atoms with E-state index < -0.39 is 5.97 Å². The SMILES string of the molecule is CCN(CCOc1cc(Cn2cccn2)ccc1CCC(=O)O)c1ccccc1. The molecular weight excluding hydrogens is 366 g/mol. The van der Waals surface area contributed by atoms with Gasteiger partial charge in [0.25, 0.3) is 0 Å². The van der Waals surface area contributed by atoms with Gasteiger partial charge in [-0.3, -0.25) is 9.48 Å². The molecule has 0 bridgehead atoms. The fraction of sp³-hybridized carbons (Fsp3) is 0.304. The van der Waals surface area contributed by atoms with E-state index in [2.05, 4.69) is 29.1 Å². The van der Waals surface area contributed by atoms with Crippen LogP contribution in [0.2, 0.25) is 0 Å². The Balaban J connectivity index is 1.69. The fourth-order valence-corrected chi connectivity index (χ4v) is 3.24. The Labute approximate surface area is 171 Å². The summed E-state index contributed by atoms with van der Waals surface area (Å²) in [6.07, 6.45) is 4.20. The van der Waals surface area contributed by atoms with Crippen LogP contribution in [0.25, 0.3) is 0 Å². The van der Waals surface area contributed by atoms with E-state index in [9.17, 15) is 4.79 Å². The molecule has 6 nitrogen and oxygen atoms in total. The predicted octanol–water partition coefficient (Wildman–Crippen LogP) is 3.85. The molecule has 29 heavy (non-hydrogen) atoms. The van der Waals surface area contributed by atoms with Gasteiger partial charge in [-0.1, -0.05) is 30.3 Å². The number of anilines is 1. The lowest BCUT2D eigenvalue weighted by molar-refractivity contribution is -0.136. The first-order chi connectivity index (χ1) is 14.2. The van der Waals surface area contributed by atoms with Crippen molar-refractivity contribution in [3.63, 3.8) is 0 Å². The first kappa shape index (κ1) is 20.5. The summed E-state index contributed by atoms with van der Waals surface area (Å²) in [5.74, 6) is -0.0576. The summed E-state index contributed by atoms with van der Waals surface area (Å²) < 4.78 is 7.97. The monoisotopic (exact) mass is 393 g/mol. The summed E-state index contributed by atoms with van der Waals surface area (Å²) in [5, 5.41) is 13.3. The Bertz CT molecular complexity index is 895. The highest BCUT2D eigenvalue weighted by Gasteiger charge is 2.10. The average molecular weight is 393 g/mol. The molecule has 2 aromatic carbocycles. The van der Waals surface area contributed by atoms with Crippen molar-refractivity contribution in [3.05, 3.63) is 78.1 Å². The van der Waals surface area contributed by atoms with Crippen LogP contribution in [0.4, 0.5) is 5.69 Å². The number of aryl methyl sites for hydroxylation is 1. The fourth-order valence-electron chi connectivity index (χ4n) is 3.24. The van der Waals surface area contributed by atoms with Gasteiger partial charge in [0.05, 0.1) is 13.1 Å². The number of carboxylic acids is 1. The van der Waals surface area contributed by atoms with E-state index in [-0.39, 0.29) is 6.42 Å². The molecule has 6 heteroatoms. The van der Waals surface area contributed by atoms with Crippen molar-refractivity contribution in [2.75, 3.05) is 24.6 Å². The second kappa shape index (κ2) is 10.3. The lowest BCUT2D eigenvalue weighted by Gasteiger charge is -2.23. The molecular formula is C23H27N3O3. The standard InChI is InChI=1S/C23H27N3O3/c1-2-25(21-7-4-3-5-8-21)15-16-29-22-17-19(18-26-14-6-13-24-26)9-10-20(22)11-12-23(27)28/h3-10,13-14,17H,2,11-12,15-16,18H2,1H3,(H,27,28). The maximum atomic E-state index is 11.0. The van der Waals surface area contributed by atoms with Crippen molar-refractivity contribution in [2.45, 2.75) is 26.3 Å². The van der Waals surface area contributed by atoms with Gasteiger partial charge in [0.15, 0.2) is 0 Å². The number of aliphatic carboxylic acids is 1. The van der Waals surface area contributed by atoms with Crippen molar-refractivity contribution in [1.29, 1.82) is 0 Å². The average Bonchev–Trinajstić information content (AvgIpc) is 3.24. The topological polar surface area (TPSA) is 67.6 Å². The molecule has 3 aromatic rings. The van der Waals surface area contributed by atoms with Crippen LogP contribution in [-0.4, -0.2) is 40.6 Å². The summed E-state index contributed by atoms with van der Waals surface area (Å²) in [7, 11) is 0. The van der Waals surface area contributed by atoms with E-state index >= 15 is 0 Å². The van der Waals surface area contributed by atoms with Gasteiger partial charge in [0.1, 0.15) is 12.4 Å². The molecule has 3 rings (SSSR count). The number of carboxylic acid groups (broad SMARTS) is 1. The van der Waals surface area contributed by atoms with Gasteiger partial charge in [-0.15, -0.1) is 0 Å². The summed E-state index contributed by atoms with van der Waals surface area (Å²) in [6, 6.07) is 18.1. The highest BCUT2D eigenvalue weighted by Crippen LogP contribution is 2.23. The Morgan fingerprint density at radius 3 is 2.69 bits per heavy atom. The molecule has 0 saturated heterocycles. The van der Waals surface area contributed by atoms with Gasteiger partial charge in [-0.2, -0.15) is 5.10 Å². The number of rotatable bonds is 11. The number of benzene rings is 2. The number of hydrogen-bond acceptors (Lipinski definition) is 4. The van der Waals surface area contributed by atoms with Crippen molar-refractivity contribution < 1.29 is 14.6 Å². The Morgan fingerprint density at radius 2 is 2.00 bits per heavy atom. The molecule has 0 amide bonds. The van der Waals surface area contributed by atoms with E-state index in [1.54, 1.807) is 6.20 Å². The third-order valence-corrected chi connectivity index (χ3v) is 4.77. The summed E-state index contributed by atoms with van der Waals surface area (Å²) in [4.78, 5) is 13.3. The molecule has 0 aliphatic rings. The van der Waals surface area contributed by atoms with Crippen LogP contribution in [0.3, 0.4) is 0 Å². The van der Waals surface area contributed by atoms with Gasteiger partial charge >= 0.3 is 5.97 Å². The normalized spacial score (nSPS) is 10.7. The molecule has 0 atom stereocenters. The number of aromatic nitrogens is 2. The second-order valence-corrected chi connectivity index (χ2v) is 6.80. The molecule has 0 aliphatic carbocycles. The lowest BCUT2D eigenvalue weighted by atomic mass is 10.1. The number of para-hydroxylation sites is 1. The molecule has 0 radical (unpaired) electrons. The minimum atomic E-state index is -0.808. The molecule has 1 aromatic heterocycles. The van der Waals surface area contributed by atoms with Gasteiger partial charge in [0.2, 0.25) is 0 Å². The van der Waals surface area contributed by atoms with Crippen molar-refractivity contribution >= 4 is 11.7 Å². The first-order valence-electron chi connectivity index (χ1n) is 9.89. The zero-order chi connectivity index (χ0) is 20.5. The van der Waals surface area contributed by atoms with Gasteiger partial charge in [-0.05, 0) is 48.7 Å². The van der Waals surface area contributed by atoms with Crippen molar-refractivity contribution in [3.8, 4) is 5.75 Å². The third kappa shape index (κ3) is 6.10. The summed E-state index contributed by atoms with van der Waals surface area (Å²) in [5.41, 5.74) is 3.15. The van der Waals surface area contributed by atoms with Crippen LogP contribution in [0.1, 0.15) is 24.5 Å². The van der Waals surface area contributed by atoms with E-state index in [0.717, 1.165) is 35.7 Å². The molecule has 1 N–H and O–H groups in total. The zero-order valence-corrected chi connectivity index (χ0v) is 16.7. The maximum Gasteiger partial charge on any atom is 0.303 e. The van der Waals surface area contributed by atoms with Crippen LogP contribution in [0, 0.1) is 0 Å². The zero-order valence-electron chi connectivity index (χ0n) is 16.7. The first-order valence-corrected chi connectivity index (χ1v) is 9.89. The summed E-state index contributed by atoms with van der Waals surface area (Å²) in [6.45, 7) is 4.93. The minimum Gasteiger partial charge on any atom is -0.491 e. The molecule has 0 saturated carbocycles. The van der Waals surface area contributed by atoms with Crippen LogP contribution in [0.15, 0.2) is 67.0 Å². The van der Waals surface area contributed by atoms with E-state index in [1.807, 2.05) is 53.3 Å². The Kier molecular flexibility index (Phi) is 7.28. The minimum absolute atomic E-state index is 0.0833. The molecule has 0 unspecified atom stereocenters. The maximum absolute atomic E-state index is 11.0. The molecule has 0 fully saturated rings. The Hall–Kier alpha value is -3.28. The number of carbonyl (C=O) groups is 1. The highest BCUT2D eigenvalue weighted by atomic mass is 16.5. The van der Waals surface area contributed by atoms with E-state index in [0.29, 0.717) is 19.6 Å². The van der Waals surface area contributed by atoms with Crippen LogP contribution in [0.5, 0.6) is 5.75 Å². The number of hydrogen-bond donors (Lipinski definition) is 1. The molecule has 152 valence electrons. The van der Waals surface area contributed by atoms with E-state index in [1.165, 1.54) is 0 Å². The highest BCUT2D eigenvalue weighted by molar-refractivity contribution is 5.67. The largest absolute Gasteiger partial charge is 0.491 e. The van der Waals surface area contributed by atoms with Crippen LogP contribution in [-0.2, 0) is 17.8 Å². The third-order valence-electron chi connectivity index (χ3n) is 4.77. The molecule has 1 heterocycles. The van der Waals surface area contributed by atoms with Crippen LogP contribution < -0.4 is 9.64 Å². The Morgan fingerprint density at radius 1 is 1.17 bits per heavy atom. The van der Waals surface area contributed by atoms with E-state index in [4.69, 9.17) is 9.84 Å². The quantitative estimate of drug-likeness (QED) is 0.536. The number of ether oxygens (including phenoxy) is 1. The molecule has 0 aliphatic heterocycles. The van der Waals surface area contributed by atoms with Gasteiger partial charge in [0, 0.05) is 31.0 Å². The van der Waals surface area contributed by atoms with Crippen molar-refractivity contribution in [2.24, 2.45) is 0 Å². The predicted molar refractivity (Wildman–Crippen MR) is 114 cm³/mol.